The molecule has 35 heavy (non-hydrogen) atoms. The fraction of sp³-hybridized carbons (Fsp3) is 0.407. The topological polar surface area (TPSA) is 88.8 Å². The lowest BCUT2D eigenvalue weighted by molar-refractivity contribution is -0.136. The summed E-state index contributed by atoms with van der Waals surface area (Å²) in [6, 6.07) is 13.5. The molecular weight excluding hydrogens is 444 g/mol. The van der Waals surface area contributed by atoms with Gasteiger partial charge in [0.15, 0.2) is 0 Å². The maximum Gasteiger partial charge on any atom is 0.230 e. The first-order chi connectivity index (χ1) is 16.9. The zero-order valence-electron chi connectivity index (χ0n) is 20.4. The molecule has 0 aliphatic carbocycles. The number of aromatic nitrogens is 2. The molecule has 2 fully saturated rings. The molecule has 1 aromatic heterocycles. The summed E-state index contributed by atoms with van der Waals surface area (Å²) in [5, 5.41) is 4.14. The standard InChI is InChI=1S/C27H30N4O4/c1-17-4-7-22(14-18(17)2)31-16-21(15-24(31)32)27(33)30-12-10-20(11-13-30)26-28-25(29-35-26)19-5-8-23(34-3)9-6-19/h4-9,14,20-21H,10-13,15-16H2,1-3H3/t21-/m1/s1. The van der Waals surface area contributed by atoms with Crippen LogP contribution in [0, 0.1) is 19.8 Å². The van der Waals surface area contributed by atoms with Crippen LogP contribution in [0.15, 0.2) is 47.0 Å². The molecule has 2 aliphatic rings. The highest BCUT2D eigenvalue weighted by atomic mass is 16.5. The van der Waals surface area contributed by atoms with Crippen molar-refractivity contribution in [3.63, 3.8) is 0 Å². The number of anilines is 1. The third kappa shape index (κ3) is 4.65. The molecule has 0 bridgehead atoms. The maximum atomic E-state index is 13.2. The van der Waals surface area contributed by atoms with Crippen LogP contribution in [0.25, 0.3) is 11.4 Å². The quantitative estimate of drug-likeness (QED) is 0.553. The van der Waals surface area contributed by atoms with Gasteiger partial charge in [0.1, 0.15) is 5.75 Å². The molecule has 3 aromatic rings. The second-order valence-corrected chi connectivity index (χ2v) is 9.46. The molecule has 0 radical (unpaired) electrons. The van der Waals surface area contributed by atoms with Crippen LogP contribution in [-0.2, 0) is 9.59 Å². The Morgan fingerprint density at radius 1 is 1.06 bits per heavy atom. The predicted octanol–water partition coefficient (Wildman–Crippen LogP) is 4.12. The fourth-order valence-electron chi connectivity index (χ4n) is 4.88. The summed E-state index contributed by atoms with van der Waals surface area (Å²) in [7, 11) is 1.63. The third-order valence-corrected chi connectivity index (χ3v) is 7.22. The van der Waals surface area contributed by atoms with Gasteiger partial charge in [0.2, 0.25) is 23.5 Å². The molecule has 2 amide bonds. The van der Waals surface area contributed by atoms with Gasteiger partial charge in [-0.3, -0.25) is 9.59 Å². The highest BCUT2D eigenvalue weighted by Gasteiger charge is 2.38. The summed E-state index contributed by atoms with van der Waals surface area (Å²) < 4.78 is 10.8. The molecular formula is C27H30N4O4. The molecule has 8 heteroatoms. The Hall–Kier alpha value is -3.68. The molecule has 182 valence electrons. The second-order valence-electron chi connectivity index (χ2n) is 9.46. The van der Waals surface area contributed by atoms with Crippen LogP contribution >= 0.6 is 0 Å². The number of carbonyl (C=O) groups is 2. The number of benzene rings is 2. The zero-order valence-corrected chi connectivity index (χ0v) is 20.4. The minimum Gasteiger partial charge on any atom is -0.497 e. The van der Waals surface area contributed by atoms with Crippen LogP contribution in [0.1, 0.15) is 42.2 Å². The number of rotatable bonds is 5. The minimum atomic E-state index is -0.300. The molecule has 8 nitrogen and oxygen atoms in total. The molecule has 0 spiro atoms. The highest BCUT2D eigenvalue weighted by Crippen LogP contribution is 2.32. The van der Waals surface area contributed by atoms with E-state index in [0.717, 1.165) is 35.4 Å². The Morgan fingerprint density at radius 3 is 2.49 bits per heavy atom. The number of piperidine rings is 1. The lowest BCUT2D eigenvalue weighted by Gasteiger charge is -2.32. The van der Waals surface area contributed by atoms with E-state index in [0.29, 0.717) is 31.3 Å². The van der Waals surface area contributed by atoms with E-state index in [-0.39, 0.29) is 30.1 Å². The smallest absolute Gasteiger partial charge is 0.230 e. The molecule has 0 unspecified atom stereocenters. The Balaban J connectivity index is 1.18. The van der Waals surface area contributed by atoms with Crippen LogP contribution < -0.4 is 9.64 Å². The van der Waals surface area contributed by atoms with Crippen molar-refractivity contribution in [2.45, 2.75) is 39.0 Å². The van der Waals surface area contributed by atoms with Crippen LogP contribution in [0.3, 0.4) is 0 Å². The molecule has 1 atom stereocenters. The van der Waals surface area contributed by atoms with Crippen molar-refractivity contribution in [1.82, 2.24) is 15.0 Å². The lowest BCUT2D eigenvalue weighted by atomic mass is 9.95. The first-order valence-electron chi connectivity index (χ1n) is 12.1. The molecule has 2 aliphatic heterocycles. The maximum absolute atomic E-state index is 13.2. The second kappa shape index (κ2) is 9.52. The molecule has 3 heterocycles. The summed E-state index contributed by atoms with van der Waals surface area (Å²) >= 11 is 0. The van der Waals surface area contributed by atoms with E-state index in [1.54, 1.807) is 12.0 Å². The average Bonchev–Trinajstić information content (AvgIpc) is 3.53. The number of hydrogen-bond acceptors (Lipinski definition) is 6. The number of amides is 2. The highest BCUT2D eigenvalue weighted by molar-refractivity contribution is 6.00. The van der Waals surface area contributed by atoms with Gasteiger partial charge in [-0.05, 0) is 74.2 Å². The number of hydrogen-bond donors (Lipinski definition) is 0. The first-order valence-corrected chi connectivity index (χ1v) is 12.1. The van der Waals surface area contributed by atoms with Gasteiger partial charge >= 0.3 is 0 Å². The van der Waals surface area contributed by atoms with E-state index in [1.165, 1.54) is 5.56 Å². The molecule has 5 rings (SSSR count). The number of aryl methyl sites for hydroxylation is 2. The van der Waals surface area contributed by atoms with Crippen molar-refractivity contribution in [1.29, 1.82) is 0 Å². The number of carbonyl (C=O) groups excluding carboxylic acids is 2. The van der Waals surface area contributed by atoms with Crippen molar-refractivity contribution in [2.24, 2.45) is 5.92 Å². The van der Waals surface area contributed by atoms with Gasteiger partial charge in [-0.25, -0.2) is 0 Å². The van der Waals surface area contributed by atoms with Gasteiger partial charge in [0.05, 0.1) is 13.0 Å². The summed E-state index contributed by atoms with van der Waals surface area (Å²) in [4.78, 5) is 34.1. The van der Waals surface area contributed by atoms with Crippen molar-refractivity contribution >= 4 is 17.5 Å². The van der Waals surface area contributed by atoms with Gasteiger partial charge in [0, 0.05) is 43.2 Å². The monoisotopic (exact) mass is 474 g/mol. The van der Waals surface area contributed by atoms with E-state index in [4.69, 9.17) is 9.26 Å². The number of ether oxygens (including phenoxy) is 1. The first kappa shape index (κ1) is 23.1. The Bertz CT molecular complexity index is 1230. The number of methoxy groups -OCH3 is 1. The van der Waals surface area contributed by atoms with E-state index in [2.05, 4.69) is 17.1 Å². The molecule has 0 saturated carbocycles. The fourth-order valence-corrected chi connectivity index (χ4v) is 4.88. The van der Waals surface area contributed by atoms with Crippen LogP contribution in [0.5, 0.6) is 5.75 Å². The summed E-state index contributed by atoms with van der Waals surface area (Å²) in [5.41, 5.74) is 4.07. The van der Waals surface area contributed by atoms with Crippen molar-refractivity contribution in [2.75, 3.05) is 31.6 Å². The number of likely N-dealkylation sites (tertiary alicyclic amines) is 1. The average molecular weight is 475 g/mol. The van der Waals surface area contributed by atoms with E-state index in [1.807, 2.05) is 54.3 Å². The van der Waals surface area contributed by atoms with E-state index < -0.39 is 0 Å². The van der Waals surface area contributed by atoms with Gasteiger partial charge in [-0.2, -0.15) is 4.98 Å². The van der Waals surface area contributed by atoms with Gasteiger partial charge in [-0.15, -0.1) is 0 Å². The van der Waals surface area contributed by atoms with Crippen molar-refractivity contribution in [3.8, 4) is 17.1 Å². The van der Waals surface area contributed by atoms with Gasteiger partial charge < -0.3 is 19.1 Å². The van der Waals surface area contributed by atoms with Gasteiger partial charge in [-0.1, -0.05) is 11.2 Å². The Kier molecular flexibility index (Phi) is 6.28. The SMILES string of the molecule is COc1ccc(-c2noc(C3CCN(C(=O)[C@@H]4CC(=O)N(c5ccc(C)c(C)c5)C4)CC3)n2)cc1. The normalized spacial score (nSPS) is 18.8. The Labute approximate surface area is 204 Å². The van der Waals surface area contributed by atoms with Crippen molar-refractivity contribution < 1.29 is 18.8 Å². The van der Waals surface area contributed by atoms with Crippen LogP contribution in [0.2, 0.25) is 0 Å². The summed E-state index contributed by atoms with van der Waals surface area (Å²) in [6.07, 6.45) is 1.79. The van der Waals surface area contributed by atoms with Crippen LogP contribution in [-0.4, -0.2) is 53.6 Å². The van der Waals surface area contributed by atoms with E-state index in [9.17, 15) is 9.59 Å². The number of nitrogens with zero attached hydrogens (tertiary/aromatic N) is 4. The molecule has 2 aromatic carbocycles. The molecule has 0 N–H and O–H groups in total. The summed E-state index contributed by atoms with van der Waals surface area (Å²) in [6.45, 7) is 5.77. The Morgan fingerprint density at radius 2 is 1.80 bits per heavy atom. The van der Waals surface area contributed by atoms with Crippen molar-refractivity contribution in [3.05, 3.63) is 59.5 Å². The third-order valence-electron chi connectivity index (χ3n) is 7.22. The largest absolute Gasteiger partial charge is 0.497 e. The molecule has 2 saturated heterocycles. The minimum absolute atomic E-state index is 0.0124. The predicted molar refractivity (Wildman–Crippen MR) is 131 cm³/mol. The van der Waals surface area contributed by atoms with E-state index >= 15 is 0 Å². The zero-order chi connectivity index (χ0) is 24.5. The summed E-state index contributed by atoms with van der Waals surface area (Å²) in [5.74, 6) is 1.83. The van der Waals surface area contributed by atoms with Gasteiger partial charge in [0.25, 0.3) is 0 Å². The van der Waals surface area contributed by atoms with Crippen LogP contribution in [0.4, 0.5) is 5.69 Å². The lowest BCUT2D eigenvalue weighted by Crippen LogP contribution is -2.42.